The van der Waals surface area contributed by atoms with Crippen LogP contribution in [-0.2, 0) is 16.1 Å². The molecule has 0 aliphatic carbocycles. The molecule has 8 heteroatoms. The molecule has 1 aliphatic rings. The van der Waals surface area contributed by atoms with Gasteiger partial charge in [0.05, 0.1) is 26.3 Å². The highest BCUT2D eigenvalue weighted by molar-refractivity contribution is 6.22. The molecule has 1 N–H and O–H groups in total. The molecule has 1 atom stereocenters. The SMILES string of the molecule is COc1cccc(CN2C(=O)N(c3cccc(OC)c3)C(=O)[C@@H]2CC(=O)Nc2ccccc2)c1. The third-order valence-electron chi connectivity index (χ3n) is 5.55. The van der Waals surface area contributed by atoms with E-state index in [2.05, 4.69) is 5.32 Å². The molecule has 1 heterocycles. The summed E-state index contributed by atoms with van der Waals surface area (Å²) in [6.45, 7) is 0.144. The van der Waals surface area contributed by atoms with Crippen LogP contribution in [0, 0.1) is 0 Å². The topological polar surface area (TPSA) is 88.2 Å². The molecule has 1 fully saturated rings. The summed E-state index contributed by atoms with van der Waals surface area (Å²) in [4.78, 5) is 42.2. The quantitative estimate of drug-likeness (QED) is 0.513. The van der Waals surface area contributed by atoms with Crippen molar-refractivity contribution in [2.75, 3.05) is 24.4 Å². The van der Waals surface area contributed by atoms with Gasteiger partial charge in [0, 0.05) is 18.3 Å². The normalized spacial score (nSPS) is 15.4. The number of anilines is 2. The Hall–Kier alpha value is -4.33. The summed E-state index contributed by atoms with van der Waals surface area (Å²) >= 11 is 0. The van der Waals surface area contributed by atoms with E-state index >= 15 is 0 Å². The molecule has 1 saturated heterocycles. The molecule has 34 heavy (non-hydrogen) atoms. The molecular weight excluding hydrogens is 434 g/mol. The van der Waals surface area contributed by atoms with Crippen LogP contribution in [0.3, 0.4) is 0 Å². The van der Waals surface area contributed by atoms with Gasteiger partial charge in [-0.2, -0.15) is 0 Å². The Morgan fingerprint density at radius 3 is 2.26 bits per heavy atom. The van der Waals surface area contributed by atoms with Crippen molar-refractivity contribution >= 4 is 29.2 Å². The minimum absolute atomic E-state index is 0.144. The van der Waals surface area contributed by atoms with Crippen LogP contribution in [-0.4, -0.2) is 43.0 Å². The van der Waals surface area contributed by atoms with Crippen LogP contribution < -0.4 is 19.7 Å². The van der Waals surface area contributed by atoms with Gasteiger partial charge in [0.25, 0.3) is 5.91 Å². The Morgan fingerprint density at radius 1 is 0.882 bits per heavy atom. The molecule has 0 saturated carbocycles. The fourth-order valence-corrected chi connectivity index (χ4v) is 3.88. The lowest BCUT2D eigenvalue weighted by Gasteiger charge is -2.22. The second kappa shape index (κ2) is 10.1. The summed E-state index contributed by atoms with van der Waals surface area (Å²) < 4.78 is 10.5. The minimum atomic E-state index is -0.964. The Balaban J connectivity index is 1.63. The monoisotopic (exact) mass is 459 g/mol. The van der Waals surface area contributed by atoms with Crippen molar-refractivity contribution in [1.29, 1.82) is 0 Å². The van der Waals surface area contributed by atoms with Crippen LogP contribution in [0.15, 0.2) is 78.9 Å². The number of ether oxygens (including phenoxy) is 2. The molecule has 4 rings (SSSR count). The lowest BCUT2D eigenvalue weighted by atomic mass is 10.1. The van der Waals surface area contributed by atoms with Crippen molar-refractivity contribution in [1.82, 2.24) is 4.90 Å². The predicted octanol–water partition coefficient (Wildman–Crippen LogP) is 4.07. The fraction of sp³-hybridized carbons (Fsp3) is 0.192. The lowest BCUT2D eigenvalue weighted by molar-refractivity contribution is -0.124. The van der Waals surface area contributed by atoms with Crippen molar-refractivity contribution in [3.63, 3.8) is 0 Å². The Morgan fingerprint density at radius 2 is 1.56 bits per heavy atom. The van der Waals surface area contributed by atoms with E-state index < -0.39 is 18.0 Å². The van der Waals surface area contributed by atoms with Gasteiger partial charge in [-0.15, -0.1) is 0 Å². The van der Waals surface area contributed by atoms with Crippen molar-refractivity contribution < 1.29 is 23.9 Å². The Bertz CT molecular complexity index is 1200. The standard InChI is InChI=1S/C26H25N3O5/c1-33-21-12-6-8-18(14-21)17-28-23(16-24(30)27-19-9-4-3-5-10-19)25(31)29(26(28)32)20-11-7-13-22(15-20)34-2/h3-15,23H,16-17H2,1-2H3,(H,27,30)/t23-/m0/s1. The highest BCUT2D eigenvalue weighted by Crippen LogP contribution is 2.31. The van der Waals surface area contributed by atoms with Crippen LogP contribution in [0.4, 0.5) is 16.2 Å². The van der Waals surface area contributed by atoms with Gasteiger partial charge in [-0.25, -0.2) is 9.69 Å². The Labute approximate surface area is 197 Å². The van der Waals surface area contributed by atoms with Gasteiger partial charge < -0.3 is 19.7 Å². The molecule has 0 radical (unpaired) electrons. The molecule has 1 aliphatic heterocycles. The number of para-hydroxylation sites is 1. The maximum Gasteiger partial charge on any atom is 0.332 e. The minimum Gasteiger partial charge on any atom is -0.497 e. The van der Waals surface area contributed by atoms with Gasteiger partial charge in [0.1, 0.15) is 17.5 Å². The van der Waals surface area contributed by atoms with E-state index in [0.717, 1.165) is 10.5 Å². The van der Waals surface area contributed by atoms with Gasteiger partial charge in [-0.05, 0) is 42.0 Å². The first-order valence-corrected chi connectivity index (χ1v) is 10.8. The summed E-state index contributed by atoms with van der Waals surface area (Å²) in [5, 5.41) is 2.79. The maximum atomic E-state index is 13.5. The second-order valence-corrected chi connectivity index (χ2v) is 7.77. The van der Waals surface area contributed by atoms with Crippen LogP contribution in [0.2, 0.25) is 0 Å². The summed E-state index contributed by atoms with van der Waals surface area (Å²) in [6, 6.07) is 21.5. The number of methoxy groups -OCH3 is 2. The number of nitrogens with zero attached hydrogens (tertiary/aromatic N) is 2. The average Bonchev–Trinajstić information content (AvgIpc) is 3.08. The summed E-state index contributed by atoms with van der Waals surface area (Å²) in [5.74, 6) is 0.325. The zero-order valence-electron chi connectivity index (χ0n) is 18.9. The number of urea groups is 1. The van der Waals surface area contributed by atoms with Gasteiger partial charge in [0.15, 0.2) is 0 Å². The fourth-order valence-electron chi connectivity index (χ4n) is 3.88. The van der Waals surface area contributed by atoms with Crippen LogP contribution in [0.1, 0.15) is 12.0 Å². The zero-order valence-corrected chi connectivity index (χ0v) is 18.9. The van der Waals surface area contributed by atoms with Gasteiger partial charge in [-0.3, -0.25) is 9.59 Å². The van der Waals surface area contributed by atoms with Crippen LogP contribution in [0.25, 0.3) is 0 Å². The van der Waals surface area contributed by atoms with Gasteiger partial charge in [0.2, 0.25) is 5.91 Å². The molecular formula is C26H25N3O5. The predicted molar refractivity (Wildman–Crippen MR) is 128 cm³/mol. The van der Waals surface area contributed by atoms with E-state index in [0.29, 0.717) is 22.9 Å². The number of amides is 4. The molecule has 174 valence electrons. The average molecular weight is 460 g/mol. The number of rotatable bonds is 8. The highest BCUT2D eigenvalue weighted by Gasteiger charge is 2.46. The molecule has 0 bridgehead atoms. The van der Waals surface area contributed by atoms with E-state index in [1.165, 1.54) is 12.0 Å². The molecule has 3 aromatic rings. The van der Waals surface area contributed by atoms with Crippen molar-refractivity contribution in [2.45, 2.75) is 19.0 Å². The highest BCUT2D eigenvalue weighted by atomic mass is 16.5. The van der Waals surface area contributed by atoms with E-state index in [9.17, 15) is 14.4 Å². The Kier molecular flexibility index (Phi) is 6.77. The molecule has 8 nitrogen and oxygen atoms in total. The number of imide groups is 1. The van der Waals surface area contributed by atoms with E-state index in [-0.39, 0.29) is 18.9 Å². The molecule has 0 unspecified atom stereocenters. The zero-order chi connectivity index (χ0) is 24.1. The van der Waals surface area contributed by atoms with E-state index in [1.54, 1.807) is 67.8 Å². The number of hydrogen-bond donors (Lipinski definition) is 1. The second-order valence-electron chi connectivity index (χ2n) is 7.77. The van der Waals surface area contributed by atoms with Gasteiger partial charge >= 0.3 is 6.03 Å². The first-order valence-electron chi connectivity index (χ1n) is 10.8. The number of hydrogen-bond acceptors (Lipinski definition) is 5. The molecule has 4 amide bonds. The number of carbonyl (C=O) groups is 3. The molecule has 3 aromatic carbocycles. The summed E-state index contributed by atoms with van der Waals surface area (Å²) in [7, 11) is 3.07. The van der Waals surface area contributed by atoms with E-state index in [1.807, 2.05) is 18.2 Å². The van der Waals surface area contributed by atoms with Crippen molar-refractivity contribution in [3.05, 3.63) is 84.4 Å². The largest absolute Gasteiger partial charge is 0.497 e. The van der Waals surface area contributed by atoms with Crippen LogP contribution in [0.5, 0.6) is 11.5 Å². The third kappa shape index (κ3) is 4.85. The molecule has 0 spiro atoms. The lowest BCUT2D eigenvalue weighted by Crippen LogP contribution is -2.37. The number of nitrogens with one attached hydrogen (secondary N) is 1. The smallest absolute Gasteiger partial charge is 0.332 e. The molecule has 0 aromatic heterocycles. The number of carbonyl (C=O) groups excluding carboxylic acids is 3. The first kappa shape index (κ1) is 22.8. The number of benzene rings is 3. The first-order chi connectivity index (χ1) is 16.5. The van der Waals surface area contributed by atoms with Gasteiger partial charge in [-0.1, -0.05) is 36.4 Å². The summed E-state index contributed by atoms with van der Waals surface area (Å²) in [5.41, 5.74) is 1.78. The van der Waals surface area contributed by atoms with Crippen molar-refractivity contribution in [2.24, 2.45) is 0 Å². The van der Waals surface area contributed by atoms with E-state index in [4.69, 9.17) is 9.47 Å². The van der Waals surface area contributed by atoms with Crippen LogP contribution >= 0.6 is 0 Å². The maximum absolute atomic E-state index is 13.5. The van der Waals surface area contributed by atoms with Crippen molar-refractivity contribution in [3.8, 4) is 11.5 Å². The third-order valence-corrected chi connectivity index (χ3v) is 5.55. The summed E-state index contributed by atoms with van der Waals surface area (Å²) in [6.07, 6.45) is -0.177.